The summed E-state index contributed by atoms with van der Waals surface area (Å²) in [5.41, 5.74) is 1.62. The van der Waals surface area contributed by atoms with Crippen LogP contribution in [0.25, 0.3) is 0 Å². The van der Waals surface area contributed by atoms with Gasteiger partial charge >= 0.3 is 6.09 Å². The molecule has 1 rings (SSSR count). The molecule has 0 aliphatic heterocycles. The van der Waals surface area contributed by atoms with Crippen molar-refractivity contribution >= 4 is 29.7 Å². The zero-order valence-electron chi connectivity index (χ0n) is 22.5. The first-order valence-corrected chi connectivity index (χ1v) is 13.2. The van der Waals surface area contributed by atoms with E-state index in [0.29, 0.717) is 18.7 Å². The van der Waals surface area contributed by atoms with Gasteiger partial charge < -0.3 is 20.3 Å². The van der Waals surface area contributed by atoms with Gasteiger partial charge in [-0.05, 0) is 91.9 Å². The maximum atomic E-state index is 13.8. The highest BCUT2D eigenvalue weighted by Crippen LogP contribution is 2.27. The summed E-state index contributed by atoms with van der Waals surface area (Å²) in [6, 6.07) is 4.23. The lowest BCUT2D eigenvalue weighted by Crippen LogP contribution is -2.54. The van der Waals surface area contributed by atoms with Crippen molar-refractivity contribution in [2.75, 3.05) is 18.6 Å². The Balaban J connectivity index is 3.42. The first-order chi connectivity index (χ1) is 15.6. The average molecular weight is 494 g/mol. The number of carbonyl (C=O) groups excluding carboxylic acids is 3. The van der Waals surface area contributed by atoms with Gasteiger partial charge in [0.25, 0.3) is 0 Å². The highest BCUT2D eigenvalue weighted by atomic mass is 32.2. The molecule has 0 saturated carbocycles. The number of rotatable bonds is 9. The van der Waals surface area contributed by atoms with Gasteiger partial charge in [0.05, 0.1) is 0 Å². The molecule has 0 heterocycles. The summed E-state index contributed by atoms with van der Waals surface area (Å²) in [6.07, 6.45) is 1.73. The Labute approximate surface area is 209 Å². The number of aryl methyl sites for hydroxylation is 2. The zero-order chi connectivity index (χ0) is 26.3. The SMILES string of the molecule is CCN(C(=O)C(CCSC)NC(=O)OC(C)(C)C)C(C(=O)NC(C)(C)C)c1ccc(C)cc1C. The van der Waals surface area contributed by atoms with Crippen LogP contribution in [0.2, 0.25) is 0 Å². The number of likely N-dealkylation sites (N-methyl/N-ethyl adjacent to an activating group) is 1. The standard InChI is InChI=1S/C26H43N3O4S/c1-11-29(23(31)20(14-15-34-10)27-24(32)33-26(7,8)9)21(22(30)28-25(4,5)6)19-13-12-17(2)16-18(19)3/h12-13,16,20-21H,11,14-15H2,1-10H3,(H,27,32)(H,28,30). The van der Waals surface area contributed by atoms with Gasteiger partial charge in [-0.25, -0.2) is 4.79 Å². The van der Waals surface area contributed by atoms with Gasteiger partial charge in [0, 0.05) is 12.1 Å². The van der Waals surface area contributed by atoms with E-state index < -0.39 is 29.3 Å². The minimum atomic E-state index is -0.824. The number of hydrogen-bond acceptors (Lipinski definition) is 5. The predicted octanol–water partition coefficient (Wildman–Crippen LogP) is 4.75. The summed E-state index contributed by atoms with van der Waals surface area (Å²) in [7, 11) is 0. The molecule has 1 aromatic rings. The van der Waals surface area contributed by atoms with E-state index in [1.165, 1.54) is 0 Å². The smallest absolute Gasteiger partial charge is 0.408 e. The lowest BCUT2D eigenvalue weighted by Gasteiger charge is -2.36. The quantitative estimate of drug-likeness (QED) is 0.518. The summed E-state index contributed by atoms with van der Waals surface area (Å²) in [5, 5.41) is 5.78. The largest absolute Gasteiger partial charge is 0.444 e. The Bertz CT molecular complexity index is 859. The van der Waals surface area contributed by atoms with Crippen LogP contribution in [0.3, 0.4) is 0 Å². The Morgan fingerprint density at radius 2 is 1.71 bits per heavy atom. The monoisotopic (exact) mass is 493 g/mol. The topological polar surface area (TPSA) is 87.7 Å². The van der Waals surface area contributed by atoms with Gasteiger partial charge in [-0.15, -0.1) is 0 Å². The van der Waals surface area contributed by atoms with Crippen LogP contribution < -0.4 is 10.6 Å². The zero-order valence-corrected chi connectivity index (χ0v) is 23.3. The molecule has 0 fully saturated rings. The maximum absolute atomic E-state index is 13.8. The fraction of sp³-hybridized carbons (Fsp3) is 0.654. The predicted molar refractivity (Wildman–Crippen MR) is 140 cm³/mol. The van der Waals surface area contributed by atoms with Crippen LogP contribution in [-0.2, 0) is 14.3 Å². The number of nitrogens with one attached hydrogen (secondary N) is 2. The number of ether oxygens (including phenoxy) is 1. The van der Waals surface area contributed by atoms with Crippen molar-refractivity contribution in [1.82, 2.24) is 15.5 Å². The van der Waals surface area contributed by atoms with Crippen molar-refractivity contribution in [3.05, 3.63) is 34.9 Å². The van der Waals surface area contributed by atoms with Gasteiger partial charge in [0.1, 0.15) is 17.7 Å². The van der Waals surface area contributed by atoms with E-state index in [-0.39, 0.29) is 11.8 Å². The third-order valence-electron chi connectivity index (χ3n) is 5.00. The van der Waals surface area contributed by atoms with Crippen LogP contribution in [0, 0.1) is 13.8 Å². The van der Waals surface area contributed by atoms with Crippen LogP contribution in [0.5, 0.6) is 0 Å². The summed E-state index contributed by atoms with van der Waals surface area (Å²) >= 11 is 1.59. The number of alkyl carbamates (subject to hydrolysis) is 1. The molecule has 0 bridgehead atoms. The molecule has 0 radical (unpaired) electrons. The van der Waals surface area contributed by atoms with Crippen LogP contribution >= 0.6 is 11.8 Å². The second-order valence-electron chi connectivity index (χ2n) is 10.6. The van der Waals surface area contributed by atoms with Crippen molar-refractivity contribution in [2.24, 2.45) is 0 Å². The fourth-order valence-electron chi connectivity index (χ4n) is 3.63. The molecule has 0 aliphatic carbocycles. The molecule has 192 valence electrons. The van der Waals surface area contributed by atoms with E-state index in [0.717, 1.165) is 16.7 Å². The van der Waals surface area contributed by atoms with Crippen LogP contribution in [0.4, 0.5) is 4.79 Å². The Hall–Kier alpha value is -2.22. The molecule has 8 heteroatoms. The van der Waals surface area contributed by atoms with Gasteiger partial charge in [-0.2, -0.15) is 11.8 Å². The lowest BCUT2D eigenvalue weighted by atomic mass is 9.95. The molecular formula is C26H43N3O4S. The second-order valence-corrected chi connectivity index (χ2v) is 11.6. The van der Waals surface area contributed by atoms with E-state index in [9.17, 15) is 14.4 Å². The third-order valence-corrected chi connectivity index (χ3v) is 5.65. The minimum absolute atomic E-state index is 0.254. The molecule has 7 nitrogen and oxygen atoms in total. The molecule has 34 heavy (non-hydrogen) atoms. The number of benzene rings is 1. The first kappa shape index (κ1) is 29.8. The van der Waals surface area contributed by atoms with E-state index >= 15 is 0 Å². The molecule has 0 aromatic heterocycles. The van der Waals surface area contributed by atoms with Crippen molar-refractivity contribution < 1.29 is 19.1 Å². The maximum Gasteiger partial charge on any atom is 0.408 e. The molecule has 2 atom stereocenters. The molecule has 0 spiro atoms. The van der Waals surface area contributed by atoms with Gasteiger partial charge in [0.15, 0.2) is 0 Å². The number of nitrogens with zero attached hydrogens (tertiary/aromatic N) is 1. The van der Waals surface area contributed by atoms with Crippen LogP contribution in [0.15, 0.2) is 18.2 Å². The molecule has 2 unspecified atom stereocenters. The number of carbonyl (C=O) groups is 3. The van der Waals surface area contributed by atoms with Crippen molar-refractivity contribution in [2.45, 2.75) is 92.0 Å². The van der Waals surface area contributed by atoms with Crippen molar-refractivity contribution in [3.63, 3.8) is 0 Å². The average Bonchev–Trinajstić information content (AvgIpc) is 2.66. The van der Waals surface area contributed by atoms with Gasteiger partial charge in [-0.1, -0.05) is 23.8 Å². The summed E-state index contributed by atoms with van der Waals surface area (Å²) in [4.78, 5) is 41.4. The number of thioether (sulfide) groups is 1. The molecule has 1 aromatic carbocycles. The fourth-order valence-corrected chi connectivity index (χ4v) is 4.10. The molecule has 0 saturated heterocycles. The molecule has 0 aliphatic rings. The van der Waals surface area contributed by atoms with Crippen molar-refractivity contribution in [3.8, 4) is 0 Å². The second kappa shape index (κ2) is 12.5. The minimum Gasteiger partial charge on any atom is -0.444 e. The lowest BCUT2D eigenvalue weighted by molar-refractivity contribution is -0.142. The van der Waals surface area contributed by atoms with Crippen LogP contribution in [-0.4, -0.2) is 58.5 Å². The normalized spacial score (nSPS) is 13.6. The van der Waals surface area contributed by atoms with Gasteiger partial charge in [-0.3, -0.25) is 9.59 Å². The molecule has 2 N–H and O–H groups in total. The Kier molecular flexibility index (Phi) is 10.9. The van der Waals surface area contributed by atoms with Crippen LogP contribution in [0.1, 0.15) is 77.6 Å². The highest BCUT2D eigenvalue weighted by molar-refractivity contribution is 7.98. The third kappa shape index (κ3) is 9.57. The first-order valence-electron chi connectivity index (χ1n) is 11.8. The molecule has 3 amide bonds. The Morgan fingerprint density at radius 1 is 1.09 bits per heavy atom. The number of amides is 3. The van der Waals surface area contributed by atoms with E-state index in [1.807, 2.05) is 66.0 Å². The molecular weight excluding hydrogens is 450 g/mol. The Morgan fingerprint density at radius 3 is 2.18 bits per heavy atom. The number of hydrogen-bond donors (Lipinski definition) is 2. The van der Waals surface area contributed by atoms with E-state index in [1.54, 1.807) is 37.4 Å². The van der Waals surface area contributed by atoms with Crippen molar-refractivity contribution in [1.29, 1.82) is 0 Å². The highest BCUT2D eigenvalue weighted by Gasteiger charge is 2.37. The summed E-state index contributed by atoms with van der Waals surface area (Å²) < 4.78 is 5.40. The van der Waals surface area contributed by atoms with E-state index in [2.05, 4.69) is 10.6 Å². The summed E-state index contributed by atoms with van der Waals surface area (Å²) in [5.74, 6) is 0.110. The van der Waals surface area contributed by atoms with E-state index in [4.69, 9.17) is 4.74 Å². The summed E-state index contributed by atoms with van der Waals surface area (Å²) in [6.45, 7) is 17.1. The van der Waals surface area contributed by atoms with Gasteiger partial charge in [0.2, 0.25) is 11.8 Å².